The fourth-order valence-electron chi connectivity index (χ4n) is 3.79. The summed E-state index contributed by atoms with van der Waals surface area (Å²) in [5.74, 6) is -0.492. The van der Waals surface area contributed by atoms with Crippen LogP contribution in [0, 0.1) is 5.82 Å². The largest absolute Gasteiger partial charge is 0.465 e. The Hall–Kier alpha value is -3.68. The lowest BCUT2D eigenvalue weighted by Crippen LogP contribution is -2.23. The van der Waals surface area contributed by atoms with Gasteiger partial charge < -0.3 is 15.4 Å². The van der Waals surface area contributed by atoms with E-state index in [1.165, 1.54) is 12.1 Å². The van der Waals surface area contributed by atoms with E-state index in [1.54, 1.807) is 24.3 Å². The van der Waals surface area contributed by atoms with Crippen LogP contribution in [0.2, 0.25) is 0 Å². The van der Waals surface area contributed by atoms with Gasteiger partial charge in [-0.05, 0) is 56.0 Å². The molecule has 160 valence electrons. The summed E-state index contributed by atoms with van der Waals surface area (Å²) in [6, 6.07) is 15.0. The number of anilines is 2. The Balaban J connectivity index is 1.35. The molecule has 2 amide bonds. The van der Waals surface area contributed by atoms with E-state index >= 15 is 0 Å². The number of amides is 2. The first-order chi connectivity index (χ1) is 15.1. The topological polar surface area (TPSA) is 85.2 Å². The molecule has 0 aliphatic heterocycles. The molecule has 2 N–H and O–H groups in total. The second-order valence-corrected chi connectivity index (χ2v) is 7.48. The predicted octanol–water partition coefficient (Wildman–Crippen LogP) is 4.99. The van der Waals surface area contributed by atoms with Crippen molar-refractivity contribution in [3.8, 4) is 11.3 Å². The van der Waals surface area contributed by atoms with E-state index in [0.29, 0.717) is 18.2 Å². The lowest BCUT2D eigenvalue weighted by molar-refractivity contribution is -0.135. The Labute approximate surface area is 179 Å². The summed E-state index contributed by atoms with van der Waals surface area (Å²) in [6.07, 6.45) is 5.50. The zero-order valence-electron chi connectivity index (χ0n) is 16.8. The molecule has 4 rings (SSSR count). The van der Waals surface area contributed by atoms with Crippen LogP contribution in [0.4, 0.5) is 20.6 Å². The molecule has 0 spiro atoms. The predicted molar refractivity (Wildman–Crippen MR) is 115 cm³/mol. The molecule has 31 heavy (non-hydrogen) atoms. The fourth-order valence-corrected chi connectivity index (χ4v) is 3.79. The molecule has 1 aliphatic rings. The van der Waals surface area contributed by atoms with Gasteiger partial charge in [0, 0.05) is 17.4 Å². The Morgan fingerprint density at radius 1 is 1.03 bits per heavy atom. The quantitative estimate of drug-likeness (QED) is 0.548. The SMILES string of the molecule is O=COC1CCC(n2ccc(-c3ccc(NC(=O)Nc4ccccc4F)cc3)n2)CC1. The van der Waals surface area contributed by atoms with Crippen LogP contribution in [-0.4, -0.2) is 28.4 Å². The number of nitrogens with zero attached hydrogens (tertiary/aromatic N) is 2. The van der Waals surface area contributed by atoms with E-state index in [9.17, 15) is 14.0 Å². The number of rotatable bonds is 6. The Kier molecular flexibility index (Phi) is 6.26. The first-order valence-electron chi connectivity index (χ1n) is 10.2. The molecular formula is C23H23FN4O3. The van der Waals surface area contributed by atoms with Crippen LogP contribution >= 0.6 is 0 Å². The van der Waals surface area contributed by atoms with Crippen LogP contribution in [0.5, 0.6) is 0 Å². The number of halogens is 1. The van der Waals surface area contributed by atoms with Crippen molar-refractivity contribution in [1.82, 2.24) is 9.78 Å². The Morgan fingerprint density at radius 3 is 2.48 bits per heavy atom. The molecule has 3 aromatic rings. The van der Waals surface area contributed by atoms with Gasteiger partial charge in [0.2, 0.25) is 0 Å². The van der Waals surface area contributed by atoms with Crippen LogP contribution in [0.15, 0.2) is 60.8 Å². The molecule has 1 fully saturated rings. The Bertz CT molecular complexity index is 1040. The van der Waals surface area contributed by atoms with Gasteiger partial charge in [0.05, 0.1) is 17.4 Å². The van der Waals surface area contributed by atoms with Crippen LogP contribution in [0.25, 0.3) is 11.3 Å². The summed E-state index contributed by atoms with van der Waals surface area (Å²) >= 11 is 0. The van der Waals surface area contributed by atoms with Gasteiger partial charge in [-0.3, -0.25) is 9.48 Å². The molecule has 2 aromatic carbocycles. The number of urea groups is 1. The standard InChI is InChI=1S/C23H23FN4O3/c24-20-3-1-2-4-22(20)26-23(30)25-17-7-5-16(6-8-17)21-13-14-28(27-21)18-9-11-19(12-10-18)31-15-29/h1-8,13-15,18-19H,9-12H2,(H2,25,26,30). The monoisotopic (exact) mass is 422 g/mol. The molecule has 0 radical (unpaired) electrons. The maximum absolute atomic E-state index is 13.6. The first kappa shape index (κ1) is 20.6. The molecule has 8 heteroatoms. The number of para-hydroxylation sites is 1. The van der Waals surface area contributed by atoms with Crippen molar-refractivity contribution in [2.45, 2.75) is 37.8 Å². The van der Waals surface area contributed by atoms with Crippen molar-refractivity contribution >= 4 is 23.9 Å². The number of hydrogen-bond acceptors (Lipinski definition) is 4. The highest BCUT2D eigenvalue weighted by Crippen LogP contribution is 2.30. The summed E-state index contributed by atoms with van der Waals surface area (Å²) in [7, 11) is 0. The molecule has 1 aliphatic carbocycles. The number of ether oxygens (including phenoxy) is 1. The summed E-state index contributed by atoms with van der Waals surface area (Å²) in [6.45, 7) is 0.527. The van der Waals surface area contributed by atoms with Crippen molar-refractivity contribution in [2.75, 3.05) is 10.6 Å². The number of carbonyl (C=O) groups excluding carboxylic acids is 2. The third kappa shape index (κ3) is 5.09. The van der Waals surface area contributed by atoms with Crippen LogP contribution in [-0.2, 0) is 9.53 Å². The first-order valence-corrected chi connectivity index (χ1v) is 10.2. The molecule has 0 unspecified atom stereocenters. The minimum atomic E-state index is -0.517. The van der Waals surface area contributed by atoms with Crippen LogP contribution in [0.1, 0.15) is 31.7 Å². The normalized spacial score (nSPS) is 18.2. The van der Waals surface area contributed by atoms with Gasteiger partial charge in [0.25, 0.3) is 6.47 Å². The summed E-state index contributed by atoms with van der Waals surface area (Å²) in [5.41, 5.74) is 2.48. The molecule has 1 heterocycles. The van der Waals surface area contributed by atoms with Gasteiger partial charge in [-0.2, -0.15) is 5.10 Å². The van der Waals surface area contributed by atoms with Gasteiger partial charge in [-0.15, -0.1) is 0 Å². The van der Waals surface area contributed by atoms with Crippen molar-refractivity contribution in [3.05, 3.63) is 66.6 Å². The highest BCUT2D eigenvalue weighted by molar-refractivity contribution is 5.99. The number of hydrogen-bond donors (Lipinski definition) is 2. The average molecular weight is 422 g/mol. The van der Waals surface area contributed by atoms with E-state index in [4.69, 9.17) is 9.84 Å². The van der Waals surface area contributed by atoms with Crippen molar-refractivity contribution in [2.24, 2.45) is 0 Å². The number of nitrogens with one attached hydrogen (secondary N) is 2. The molecular weight excluding hydrogens is 399 g/mol. The van der Waals surface area contributed by atoms with E-state index < -0.39 is 11.8 Å². The number of aromatic nitrogens is 2. The minimum Gasteiger partial charge on any atom is -0.465 e. The summed E-state index contributed by atoms with van der Waals surface area (Å²) < 4.78 is 20.7. The minimum absolute atomic E-state index is 0.0133. The zero-order chi connectivity index (χ0) is 21.6. The maximum Gasteiger partial charge on any atom is 0.323 e. The van der Waals surface area contributed by atoms with E-state index in [0.717, 1.165) is 36.9 Å². The van der Waals surface area contributed by atoms with Gasteiger partial charge >= 0.3 is 6.03 Å². The maximum atomic E-state index is 13.6. The molecule has 0 atom stereocenters. The number of carbonyl (C=O) groups is 2. The molecule has 1 saturated carbocycles. The highest BCUT2D eigenvalue weighted by atomic mass is 19.1. The van der Waals surface area contributed by atoms with Crippen molar-refractivity contribution in [1.29, 1.82) is 0 Å². The molecule has 0 saturated heterocycles. The van der Waals surface area contributed by atoms with E-state index in [-0.39, 0.29) is 11.8 Å². The fraction of sp³-hybridized carbons (Fsp3) is 0.261. The molecule has 7 nitrogen and oxygen atoms in total. The second kappa shape index (κ2) is 9.42. The van der Waals surface area contributed by atoms with Gasteiger partial charge in [0.1, 0.15) is 11.9 Å². The summed E-state index contributed by atoms with van der Waals surface area (Å²) in [5, 5.41) is 9.87. The highest BCUT2D eigenvalue weighted by Gasteiger charge is 2.23. The third-order valence-electron chi connectivity index (χ3n) is 5.43. The smallest absolute Gasteiger partial charge is 0.323 e. The van der Waals surface area contributed by atoms with E-state index in [1.807, 2.05) is 29.1 Å². The van der Waals surface area contributed by atoms with Gasteiger partial charge in [0.15, 0.2) is 0 Å². The van der Waals surface area contributed by atoms with Gasteiger partial charge in [-0.1, -0.05) is 24.3 Å². The van der Waals surface area contributed by atoms with Crippen LogP contribution in [0.3, 0.4) is 0 Å². The summed E-state index contributed by atoms with van der Waals surface area (Å²) in [4.78, 5) is 22.6. The zero-order valence-corrected chi connectivity index (χ0v) is 16.8. The van der Waals surface area contributed by atoms with Crippen molar-refractivity contribution < 1.29 is 18.7 Å². The number of benzene rings is 2. The third-order valence-corrected chi connectivity index (χ3v) is 5.43. The van der Waals surface area contributed by atoms with Crippen molar-refractivity contribution in [3.63, 3.8) is 0 Å². The van der Waals surface area contributed by atoms with Gasteiger partial charge in [-0.25, -0.2) is 9.18 Å². The van der Waals surface area contributed by atoms with E-state index in [2.05, 4.69) is 10.6 Å². The second-order valence-electron chi connectivity index (χ2n) is 7.48. The molecule has 0 bridgehead atoms. The lowest BCUT2D eigenvalue weighted by atomic mass is 9.93. The van der Waals surface area contributed by atoms with Crippen LogP contribution < -0.4 is 10.6 Å². The molecule has 1 aromatic heterocycles. The lowest BCUT2D eigenvalue weighted by Gasteiger charge is -2.27. The average Bonchev–Trinajstić information content (AvgIpc) is 3.27. The Morgan fingerprint density at radius 2 is 1.77 bits per heavy atom.